The molecule has 1 unspecified atom stereocenters. The van der Waals surface area contributed by atoms with Gasteiger partial charge in [0.2, 0.25) is 0 Å². The van der Waals surface area contributed by atoms with E-state index in [-0.39, 0.29) is 5.82 Å². The third kappa shape index (κ3) is 1.89. The van der Waals surface area contributed by atoms with Gasteiger partial charge < -0.3 is 10.1 Å². The zero-order chi connectivity index (χ0) is 10.8. The van der Waals surface area contributed by atoms with Gasteiger partial charge >= 0.3 is 0 Å². The van der Waals surface area contributed by atoms with E-state index in [1.807, 2.05) is 6.92 Å². The van der Waals surface area contributed by atoms with Crippen molar-refractivity contribution in [1.29, 1.82) is 0 Å². The number of hydrogen-bond acceptors (Lipinski definition) is 2. The Morgan fingerprint density at radius 3 is 2.93 bits per heavy atom. The molecule has 0 saturated carbocycles. The Balaban J connectivity index is 2.41. The molecule has 15 heavy (non-hydrogen) atoms. The Kier molecular flexibility index (Phi) is 2.51. The minimum atomic E-state index is -0.907. The molecule has 1 aromatic carbocycles. The van der Waals surface area contributed by atoms with E-state index in [2.05, 4.69) is 9.97 Å². The summed E-state index contributed by atoms with van der Waals surface area (Å²) in [5, 5.41) is 9.93. The Morgan fingerprint density at radius 2 is 2.27 bits per heavy atom. The van der Waals surface area contributed by atoms with Crippen LogP contribution < -0.4 is 0 Å². The fourth-order valence-electron chi connectivity index (χ4n) is 1.48. The summed E-state index contributed by atoms with van der Waals surface area (Å²) in [7, 11) is 0. The van der Waals surface area contributed by atoms with Crippen molar-refractivity contribution in [1.82, 2.24) is 9.97 Å². The van der Waals surface area contributed by atoms with E-state index >= 15 is 0 Å². The normalized spacial score (nSPS) is 12.7. The molecule has 0 spiro atoms. The summed E-state index contributed by atoms with van der Waals surface area (Å²) in [5.74, 6) is 0.0601. The summed E-state index contributed by atoms with van der Waals surface area (Å²) in [6.45, 7) is 1.82. The van der Waals surface area contributed by atoms with E-state index in [0.717, 1.165) is 5.56 Å². The zero-order valence-corrected chi connectivity index (χ0v) is 8.24. The summed E-state index contributed by atoms with van der Waals surface area (Å²) in [6.07, 6.45) is 2.26. The minimum absolute atomic E-state index is 0.360. The third-order valence-electron chi connectivity index (χ3n) is 2.31. The first-order valence-corrected chi connectivity index (χ1v) is 4.62. The molecule has 0 aliphatic rings. The highest BCUT2D eigenvalue weighted by atomic mass is 19.1. The molecule has 0 aliphatic heterocycles. The average Bonchev–Trinajstić information content (AvgIpc) is 2.74. The lowest BCUT2D eigenvalue weighted by molar-refractivity contribution is 0.209. The number of aryl methyl sites for hydroxylation is 1. The summed E-state index contributed by atoms with van der Waals surface area (Å²) >= 11 is 0. The predicted octanol–water partition coefficient (Wildman–Crippen LogP) is 1.94. The molecular formula is C11H11FN2O. The molecule has 1 heterocycles. The van der Waals surface area contributed by atoms with Gasteiger partial charge in [-0.05, 0) is 30.2 Å². The second kappa shape index (κ2) is 3.82. The number of hydrogen-bond donors (Lipinski definition) is 2. The Morgan fingerprint density at radius 1 is 1.47 bits per heavy atom. The molecule has 4 heteroatoms. The molecule has 0 aliphatic carbocycles. The summed E-state index contributed by atoms with van der Waals surface area (Å²) < 4.78 is 13.0. The van der Waals surface area contributed by atoms with Crippen LogP contribution in [0.5, 0.6) is 0 Å². The Bertz CT molecular complexity index is 454. The van der Waals surface area contributed by atoms with Gasteiger partial charge in [-0.2, -0.15) is 0 Å². The summed E-state index contributed by atoms with van der Waals surface area (Å²) in [6, 6.07) is 4.33. The lowest BCUT2D eigenvalue weighted by Gasteiger charge is -2.11. The molecule has 2 N–H and O–H groups in total. The van der Waals surface area contributed by atoms with E-state index in [0.29, 0.717) is 11.4 Å². The molecule has 0 amide bonds. The van der Waals surface area contributed by atoms with Crippen LogP contribution in [0.1, 0.15) is 23.1 Å². The van der Waals surface area contributed by atoms with Gasteiger partial charge in [0.25, 0.3) is 0 Å². The van der Waals surface area contributed by atoms with Crippen LogP contribution in [0.15, 0.2) is 30.6 Å². The lowest BCUT2D eigenvalue weighted by Crippen LogP contribution is -2.04. The predicted molar refractivity (Wildman–Crippen MR) is 53.8 cm³/mol. The lowest BCUT2D eigenvalue weighted by atomic mass is 10.0. The van der Waals surface area contributed by atoms with Crippen molar-refractivity contribution in [3.63, 3.8) is 0 Å². The second-order valence-corrected chi connectivity index (χ2v) is 3.38. The molecule has 0 fully saturated rings. The standard InChI is InChI=1S/C11H11FN2O/c1-7-2-3-8(12)6-9(7)10(15)11-13-4-5-14-11/h2-6,10,15H,1H3,(H,13,14). The largest absolute Gasteiger partial charge is 0.380 e. The van der Waals surface area contributed by atoms with E-state index in [1.54, 1.807) is 18.5 Å². The maximum Gasteiger partial charge on any atom is 0.139 e. The second-order valence-electron chi connectivity index (χ2n) is 3.38. The van der Waals surface area contributed by atoms with Crippen LogP contribution in [0.3, 0.4) is 0 Å². The number of aliphatic hydroxyl groups is 1. The first-order valence-electron chi connectivity index (χ1n) is 4.62. The highest BCUT2D eigenvalue weighted by Gasteiger charge is 2.15. The molecule has 78 valence electrons. The number of nitrogens with one attached hydrogen (secondary N) is 1. The van der Waals surface area contributed by atoms with E-state index in [1.165, 1.54) is 12.1 Å². The highest BCUT2D eigenvalue weighted by Crippen LogP contribution is 2.22. The molecule has 2 aromatic rings. The van der Waals surface area contributed by atoms with E-state index < -0.39 is 6.10 Å². The van der Waals surface area contributed by atoms with Crippen molar-refractivity contribution < 1.29 is 9.50 Å². The SMILES string of the molecule is Cc1ccc(F)cc1C(O)c1ncc[nH]1. The first-order chi connectivity index (χ1) is 7.18. The van der Waals surface area contributed by atoms with E-state index in [4.69, 9.17) is 0 Å². The van der Waals surface area contributed by atoms with Crippen LogP contribution in [-0.2, 0) is 0 Å². The molecule has 0 saturated heterocycles. The first kappa shape index (κ1) is 9.86. The van der Waals surface area contributed by atoms with Crippen LogP contribution in [-0.4, -0.2) is 15.1 Å². The Hall–Kier alpha value is -1.68. The number of benzene rings is 1. The summed E-state index contributed by atoms with van der Waals surface area (Å²) in [5.41, 5.74) is 1.37. The number of H-pyrrole nitrogens is 1. The van der Waals surface area contributed by atoms with Crippen LogP contribution in [0.25, 0.3) is 0 Å². The number of nitrogens with zero attached hydrogens (tertiary/aromatic N) is 1. The quantitative estimate of drug-likeness (QED) is 0.788. The van der Waals surface area contributed by atoms with Crippen molar-refractivity contribution in [3.05, 3.63) is 53.4 Å². The smallest absolute Gasteiger partial charge is 0.139 e. The Labute approximate surface area is 86.6 Å². The molecule has 3 nitrogen and oxygen atoms in total. The number of imidazole rings is 1. The van der Waals surface area contributed by atoms with Crippen LogP contribution in [0.4, 0.5) is 4.39 Å². The zero-order valence-electron chi connectivity index (χ0n) is 8.24. The van der Waals surface area contributed by atoms with Crippen molar-refractivity contribution in [2.45, 2.75) is 13.0 Å². The van der Waals surface area contributed by atoms with Gasteiger partial charge in [-0.1, -0.05) is 6.07 Å². The van der Waals surface area contributed by atoms with Crippen molar-refractivity contribution in [2.24, 2.45) is 0 Å². The maximum absolute atomic E-state index is 13.0. The fraction of sp³-hybridized carbons (Fsp3) is 0.182. The van der Waals surface area contributed by atoms with Gasteiger partial charge in [-0.15, -0.1) is 0 Å². The maximum atomic E-state index is 13.0. The number of rotatable bonds is 2. The number of halogens is 1. The van der Waals surface area contributed by atoms with Crippen molar-refractivity contribution >= 4 is 0 Å². The number of aromatic amines is 1. The monoisotopic (exact) mass is 206 g/mol. The number of aromatic nitrogens is 2. The molecule has 1 atom stereocenters. The topological polar surface area (TPSA) is 48.9 Å². The van der Waals surface area contributed by atoms with Crippen molar-refractivity contribution in [3.8, 4) is 0 Å². The molecule has 1 aromatic heterocycles. The fourth-order valence-corrected chi connectivity index (χ4v) is 1.48. The van der Waals surface area contributed by atoms with Crippen LogP contribution in [0, 0.1) is 12.7 Å². The van der Waals surface area contributed by atoms with Crippen molar-refractivity contribution in [2.75, 3.05) is 0 Å². The van der Waals surface area contributed by atoms with Crippen LogP contribution in [0.2, 0.25) is 0 Å². The number of aliphatic hydroxyl groups excluding tert-OH is 1. The average molecular weight is 206 g/mol. The van der Waals surface area contributed by atoms with Gasteiger partial charge in [0.1, 0.15) is 17.7 Å². The molecule has 2 rings (SSSR count). The molecular weight excluding hydrogens is 195 g/mol. The van der Waals surface area contributed by atoms with Gasteiger partial charge in [0.05, 0.1) is 0 Å². The molecule has 0 bridgehead atoms. The summed E-state index contributed by atoms with van der Waals surface area (Å²) in [4.78, 5) is 6.73. The minimum Gasteiger partial charge on any atom is -0.380 e. The van der Waals surface area contributed by atoms with Gasteiger partial charge in [-0.25, -0.2) is 9.37 Å². The van der Waals surface area contributed by atoms with Gasteiger partial charge in [0, 0.05) is 12.4 Å². The van der Waals surface area contributed by atoms with Gasteiger partial charge in [-0.3, -0.25) is 0 Å². The van der Waals surface area contributed by atoms with Crippen LogP contribution >= 0.6 is 0 Å². The van der Waals surface area contributed by atoms with Gasteiger partial charge in [0.15, 0.2) is 0 Å². The molecule has 0 radical (unpaired) electrons. The third-order valence-corrected chi connectivity index (χ3v) is 2.31. The highest BCUT2D eigenvalue weighted by molar-refractivity contribution is 5.31. The van der Waals surface area contributed by atoms with E-state index in [9.17, 15) is 9.50 Å².